The Bertz CT molecular complexity index is 669. The van der Waals surface area contributed by atoms with Crippen LogP contribution in [0.15, 0.2) is 18.2 Å². The molecule has 0 unspecified atom stereocenters. The van der Waals surface area contributed by atoms with Gasteiger partial charge in [0.05, 0.1) is 5.75 Å². The Morgan fingerprint density at radius 3 is 2.71 bits per heavy atom. The van der Waals surface area contributed by atoms with Crippen LogP contribution in [0.2, 0.25) is 0 Å². The second kappa shape index (κ2) is 7.81. The zero-order valence-electron chi connectivity index (χ0n) is 12.1. The van der Waals surface area contributed by atoms with E-state index in [-0.39, 0.29) is 18.3 Å². The van der Waals surface area contributed by atoms with Crippen LogP contribution in [0.25, 0.3) is 0 Å². The molecule has 0 saturated heterocycles. The molecule has 0 fully saturated rings. The summed E-state index contributed by atoms with van der Waals surface area (Å²) in [6, 6.07) is 5.13. The van der Waals surface area contributed by atoms with E-state index in [0.717, 1.165) is 5.56 Å². The van der Waals surface area contributed by atoms with E-state index in [0.29, 0.717) is 24.1 Å². The van der Waals surface area contributed by atoms with Crippen LogP contribution in [0.4, 0.5) is 0 Å². The van der Waals surface area contributed by atoms with Crippen LogP contribution in [-0.4, -0.2) is 44.6 Å². The Labute approximate surface area is 125 Å². The minimum Gasteiger partial charge on any atom is -0.384 e. The minimum atomic E-state index is -3.00. The lowest BCUT2D eigenvalue weighted by Crippen LogP contribution is -2.26. The van der Waals surface area contributed by atoms with Gasteiger partial charge in [0, 0.05) is 23.9 Å². The van der Waals surface area contributed by atoms with Crippen molar-refractivity contribution in [1.82, 2.24) is 5.32 Å². The number of aryl methyl sites for hydroxylation is 1. The predicted molar refractivity (Wildman–Crippen MR) is 81.8 cm³/mol. The molecular formula is C15H19NO4S. The molecule has 0 aliphatic heterocycles. The lowest BCUT2D eigenvalue weighted by molar-refractivity contribution is 0.0953. The third kappa shape index (κ3) is 6.43. The zero-order chi connectivity index (χ0) is 15.9. The van der Waals surface area contributed by atoms with Gasteiger partial charge in [-0.1, -0.05) is 17.9 Å². The number of sulfone groups is 1. The van der Waals surface area contributed by atoms with E-state index in [1.807, 2.05) is 6.92 Å². The van der Waals surface area contributed by atoms with E-state index < -0.39 is 9.84 Å². The Kier molecular flexibility index (Phi) is 6.40. The first-order valence-electron chi connectivity index (χ1n) is 6.50. The molecule has 21 heavy (non-hydrogen) atoms. The van der Waals surface area contributed by atoms with Crippen LogP contribution in [0.1, 0.15) is 27.9 Å². The summed E-state index contributed by atoms with van der Waals surface area (Å²) in [5.74, 6) is 5.12. The van der Waals surface area contributed by atoms with Gasteiger partial charge >= 0.3 is 0 Å². The molecule has 1 rings (SSSR count). The molecule has 0 saturated carbocycles. The fraction of sp³-hybridized carbons (Fsp3) is 0.400. The molecule has 1 aromatic carbocycles. The van der Waals surface area contributed by atoms with Crippen molar-refractivity contribution in [2.45, 2.75) is 13.3 Å². The van der Waals surface area contributed by atoms with Crippen molar-refractivity contribution in [2.24, 2.45) is 0 Å². The highest BCUT2D eigenvalue weighted by molar-refractivity contribution is 7.90. The van der Waals surface area contributed by atoms with Crippen LogP contribution in [0.3, 0.4) is 0 Å². The molecule has 1 amide bonds. The zero-order valence-corrected chi connectivity index (χ0v) is 13.0. The Balaban J connectivity index is 2.66. The number of hydrogen-bond donors (Lipinski definition) is 2. The number of carbonyl (C=O) groups excluding carboxylic acids is 1. The van der Waals surface area contributed by atoms with Crippen molar-refractivity contribution >= 4 is 15.7 Å². The first-order valence-corrected chi connectivity index (χ1v) is 8.56. The number of carbonyl (C=O) groups is 1. The molecule has 0 atom stereocenters. The number of rotatable bonds is 5. The third-order valence-corrected chi connectivity index (χ3v) is 3.81. The maximum atomic E-state index is 11.9. The molecule has 6 heteroatoms. The summed E-state index contributed by atoms with van der Waals surface area (Å²) in [5.41, 5.74) is 2.07. The van der Waals surface area contributed by atoms with E-state index in [1.54, 1.807) is 18.2 Å². The monoisotopic (exact) mass is 309 g/mol. The number of aliphatic hydroxyl groups is 1. The second-order valence-corrected chi connectivity index (χ2v) is 6.99. The van der Waals surface area contributed by atoms with E-state index in [1.165, 1.54) is 6.26 Å². The SMILES string of the molecule is Cc1ccc(C(=O)NCCCS(C)(=O)=O)cc1C#CCO. The van der Waals surface area contributed by atoms with Crippen molar-refractivity contribution in [2.75, 3.05) is 25.2 Å². The van der Waals surface area contributed by atoms with Crippen LogP contribution in [0.5, 0.6) is 0 Å². The van der Waals surface area contributed by atoms with Gasteiger partial charge in [0.15, 0.2) is 0 Å². The number of benzene rings is 1. The van der Waals surface area contributed by atoms with Crippen LogP contribution < -0.4 is 5.32 Å². The van der Waals surface area contributed by atoms with Gasteiger partial charge in [0.25, 0.3) is 5.91 Å². The van der Waals surface area contributed by atoms with Crippen molar-refractivity contribution in [3.05, 3.63) is 34.9 Å². The summed E-state index contributed by atoms with van der Waals surface area (Å²) in [5, 5.41) is 11.4. The van der Waals surface area contributed by atoms with Crippen molar-refractivity contribution < 1.29 is 18.3 Å². The minimum absolute atomic E-state index is 0.0500. The van der Waals surface area contributed by atoms with Gasteiger partial charge in [0.1, 0.15) is 16.4 Å². The van der Waals surface area contributed by atoms with Crippen LogP contribution in [-0.2, 0) is 9.84 Å². The molecule has 1 aromatic rings. The van der Waals surface area contributed by atoms with Gasteiger partial charge in [-0.3, -0.25) is 4.79 Å². The van der Waals surface area contributed by atoms with Crippen LogP contribution in [0, 0.1) is 18.8 Å². The fourth-order valence-electron chi connectivity index (χ4n) is 1.67. The third-order valence-electron chi connectivity index (χ3n) is 2.78. The van der Waals surface area contributed by atoms with Gasteiger partial charge in [-0.15, -0.1) is 0 Å². The Morgan fingerprint density at radius 2 is 2.10 bits per heavy atom. The molecule has 0 spiro atoms. The molecule has 0 heterocycles. The first kappa shape index (κ1) is 17.2. The molecule has 5 nitrogen and oxygen atoms in total. The highest BCUT2D eigenvalue weighted by Crippen LogP contribution is 2.10. The lowest BCUT2D eigenvalue weighted by atomic mass is 10.0. The van der Waals surface area contributed by atoms with Crippen molar-refractivity contribution in [3.63, 3.8) is 0 Å². The highest BCUT2D eigenvalue weighted by atomic mass is 32.2. The van der Waals surface area contributed by atoms with Crippen molar-refractivity contribution in [3.8, 4) is 11.8 Å². The summed E-state index contributed by atoms with van der Waals surface area (Å²) >= 11 is 0. The predicted octanol–water partition coefficient (Wildman–Crippen LogP) is 0.503. The average molecular weight is 309 g/mol. The highest BCUT2D eigenvalue weighted by Gasteiger charge is 2.08. The lowest BCUT2D eigenvalue weighted by Gasteiger charge is -2.06. The summed E-state index contributed by atoms with van der Waals surface area (Å²) < 4.78 is 22.0. The molecular weight excluding hydrogens is 290 g/mol. The normalized spacial score (nSPS) is 10.6. The molecule has 0 aliphatic rings. The number of hydrogen-bond acceptors (Lipinski definition) is 4. The van der Waals surface area contributed by atoms with E-state index in [2.05, 4.69) is 17.2 Å². The number of aliphatic hydroxyl groups excluding tert-OH is 1. The summed E-state index contributed by atoms with van der Waals surface area (Å²) in [6.45, 7) is 1.94. The number of nitrogens with one attached hydrogen (secondary N) is 1. The molecule has 2 N–H and O–H groups in total. The molecule has 0 aromatic heterocycles. The summed E-state index contributed by atoms with van der Waals surface area (Å²) in [4.78, 5) is 11.9. The van der Waals surface area contributed by atoms with Crippen molar-refractivity contribution in [1.29, 1.82) is 0 Å². The van der Waals surface area contributed by atoms with E-state index in [4.69, 9.17) is 5.11 Å². The maximum absolute atomic E-state index is 11.9. The fourth-order valence-corrected chi connectivity index (χ4v) is 2.34. The standard InChI is InChI=1S/C15H19NO4S/c1-12-6-7-14(11-13(12)5-3-9-17)15(18)16-8-4-10-21(2,19)20/h6-7,11,17H,4,8-10H2,1-2H3,(H,16,18). The van der Waals surface area contributed by atoms with E-state index in [9.17, 15) is 13.2 Å². The smallest absolute Gasteiger partial charge is 0.251 e. The topological polar surface area (TPSA) is 83.5 Å². The summed E-state index contributed by atoms with van der Waals surface area (Å²) in [6.07, 6.45) is 1.55. The molecule has 0 aliphatic carbocycles. The van der Waals surface area contributed by atoms with Gasteiger partial charge in [-0.2, -0.15) is 0 Å². The number of amides is 1. The quantitative estimate of drug-likeness (QED) is 0.613. The Morgan fingerprint density at radius 1 is 1.38 bits per heavy atom. The summed E-state index contributed by atoms with van der Waals surface area (Å²) in [7, 11) is -3.00. The molecule has 0 bridgehead atoms. The van der Waals surface area contributed by atoms with E-state index >= 15 is 0 Å². The second-order valence-electron chi connectivity index (χ2n) is 4.73. The van der Waals surface area contributed by atoms with Crippen LogP contribution >= 0.6 is 0 Å². The average Bonchev–Trinajstić information content (AvgIpc) is 2.41. The molecule has 0 radical (unpaired) electrons. The largest absolute Gasteiger partial charge is 0.384 e. The maximum Gasteiger partial charge on any atom is 0.251 e. The van der Waals surface area contributed by atoms with Gasteiger partial charge in [-0.25, -0.2) is 8.42 Å². The first-order chi connectivity index (χ1) is 9.83. The van der Waals surface area contributed by atoms with Gasteiger partial charge in [0.2, 0.25) is 0 Å². The Hall–Kier alpha value is -1.84. The van der Waals surface area contributed by atoms with Gasteiger partial charge in [-0.05, 0) is 31.0 Å². The molecule has 114 valence electrons. The van der Waals surface area contributed by atoms with Gasteiger partial charge < -0.3 is 10.4 Å².